The van der Waals surface area contributed by atoms with Crippen molar-refractivity contribution in [1.82, 2.24) is 9.97 Å². The van der Waals surface area contributed by atoms with Crippen molar-refractivity contribution in [3.8, 4) is 22.8 Å². The molecule has 0 fully saturated rings. The van der Waals surface area contributed by atoms with E-state index in [1.54, 1.807) is 0 Å². The van der Waals surface area contributed by atoms with Gasteiger partial charge in [-0.3, -0.25) is 0 Å². The van der Waals surface area contributed by atoms with Gasteiger partial charge < -0.3 is 14.8 Å². The van der Waals surface area contributed by atoms with Gasteiger partial charge in [-0.25, -0.2) is 9.97 Å². The molecule has 0 saturated heterocycles. The molecule has 5 nitrogen and oxygen atoms in total. The number of aryl methyl sites for hydroxylation is 2. The molecule has 2 aromatic carbocycles. The number of nitrogens with zero attached hydrogens (tertiary/aromatic N) is 2. The highest BCUT2D eigenvalue weighted by Gasteiger charge is 2.20. The van der Waals surface area contributed by atoms with Crippen molar-refractivity contribution in [2.24, 2.45) is 0 Å². The molecule has 1 aliphatic heterocycles. The Balaban J connectivity index is 1.46. The van der Waals surface area contributed by atoms with Crippen LogP contribution in [0.2, 0.25) is 0 Å². The summed E-state index contributed by atoms with van der Waals surface area (Å²) in [5.74, 6) is 3.17. The number of hydrogen-bond acceptors (Lipinski definition) is 5. The van der Waals surface area contributed by atoms with Gasteiger partial charge in [0.15, 0.2) is 11.5 Å². The number of aromatic nitrogens is 2. The number of anilines is 1. The molecule has 28 heavy (non-hydrogen) atoms. The second-order valence-electron chi connectivity index (χ2n) is 7.33. The van der Waals surface area contributed by atoms with E-state index in [0.717, 1.165) is 47.2 Å². The topological polar surface area (TPSA) is 56.3 Å². The summed E-state index contributed by atoms with van der Waals surface area (Å²) in [4.78, 5) is 9.28. The van der Waals surface area contributed by atoms with E-state index in [1.807, 2.05) is 31.2 Å². The maximum atomic E-state index is 5.72. The van der Waals surface area contributed by atoms with Crippen LogP contribution >= 0.6 is 0 Å². The first-order valence-electron chi connectivity index (χ1n) is 9.86. The highest BCUT2D eigenvalue weighted by atomic mass is 16.6. The summed E-state index contributed by atoms with van der Waals surface area (Å²) in [6, 6.07) is 17.0. The minimum absolute atomic E-state index is 0.285. The predicted molar refractivity (Wildman–Crippen MR) is 109 cm³/mol. The Morgan fingerprint density at radius 1 is 0.964 bits per heavy atom. The fraction of sp³-hybridized carbons (Fsp3) is 0.304. The molecule has 2 heterocycles. The molecule has 5 heteroatoms. The predicted octanol–water partition coefficient (Wildman–Crippen LogP) is 4.71. The zero-order valence-corrected chi connectivity index (χ0v) is 15.9. The van der Waals surface area contributed by atoms with Crippen molar-refractivity contribution < 1.29 is 9.47 Å². The van der Waals surface area contributed by atoms with E-state index in [2.05, 4.69) is 39.6 Å². The van der Waals surface area contributed by atoms with Gasteiger partial charge >= 0.3 is 0 Å². The molecular weight excluding hydrogens is 350 g/mol. The van der Waals surface area contributed by atoms with E-state index in [0.29, 0.717) is 13.2 Å². The lowest BCUT2D eigenvalue weighted by molar-refractivity contribution is 0.171. The van der Waals surface area contributed by atoms with Crippen LogP contribution in [-0.4, -0.2) is 23.2 Å². The highest BCUT2D eigenvalue weighted by molar-refractivity contribution is 5.66. The summed E-state index contributed by atoms with van der Waals surface area (Å²) in [6.07, 6.45) is 3.45. The van der Waals surface area contributed by atoms with E-state index in [4.69, 9.17) is 9.47 Å². The number of nitrogens with one attached hydrogen (secondary N) is 1. The van der Waals surface area contributed by atoms with E-state index in [1.165, 1.54) is 17.5 Å². The summed E-state index contributed by atoms with van der Waals surface area (Å²) in [6.45, 7) is 3.10. The molecule has 142 valence electrons. The minimum atomic E-state index is 0.285. The average Bonchev–Trinajstić information content (AvgIpc) is 2.73. The van der Waals surface area contributed by atoms with Gasteiger partial charge in [0, 0.05) is 11.6 Å². The van der Waals surface area contributed by atoms with Crippen molar-refractivity contribution in [2.75, 3.05) is 18.5 Å². The lowest BCUT2D eigenvalue weighted by atomic mass is 9.88. The van der Waals surface area contributed by atoms with Crippen molar-refractivity contribution in [3.63, 3.8) is 0 Å². The van der Waals surface area contributed by atoms with Gasteiger partial charge in [-0.2, -0.15) is 0 Å². The van der Waals surface area contributed by atoms with Crippen molar-refractivity contribution >= 4 is 5.82 Å². The molecule has 0 radical (unpaired) electrons. The molecule has 2 aliphatic rings. The number of fused-ring (bicyclic) bond motifs is 2. The van der Waals surface area contributed by atoms with Gasteiger partial charge in [0.2, 0.25) is 0 Å². The molecule has 1 atom stereocenters. The van der Waals surface area contributed by atoms with Crippen molar-refractivity contribution in [1.29, 1.82) is 0 Å². The minimum Gasteiger partial charge on any atom is -0.486 e. The van der Waals surface area contributed by atoms with Crippen LogP contribution in [0.4, 0.5) is 5.82 Å². The summed E-state index contributed by atoms with van der Waals surface area (Å²) < 4.78 is 11.3. The van der Waals surface area contributed by atoms with Gasteiger partial charge in [0.25, 0.3) is 0 Å². The Bertz CT molecular complexity index is 1020. The van der Waals surface area contributed by atoms with Crippen molar-refractivity contribution in [3.05, 3.63) is 65.5 Å². The lowest BCUT2D eigenvalue weighted by Crippen LogP contribution is -2.18. The Morgan fingerprint density at radius 2 is 1.82 bits per heavy atom. The third kappa shape index (κ3) is 3.28. The standard InChI is InChI=1S/C23H23N3O2/c1-15-24-20(17-9-10-21-22(13-17)28-12-11-27-21)14-23(25-15)26-19-8-4-6-16-5-2-3-7-18(16)19/h2-3,5,7,9-10,13-14,19H,4,6,8,11-12H2,1H3,(H,24,25,26). The molecule has 1 aliphatic carbocycles. The van der Waals surface area contributed by atoms with Crippen LogP contribution in [0.15, 0.2) is 48.5 Å². The molecule has 0 saturated carbocycles. The summed E-state index contributed by atoms with van der Waals surface area (Å²) in [7, 11) is 0. The van der Waals surface area contributed by atoms with Crippen LogP contribution < -0.4 is 14.8 Å². The first kappa shape index (κ1) is 17.0. The zero-order chi connectivity index (χ0) is 18.9. The second-order valence-corrected chi connectivity index (χ2v) is 7.33. The van der Waals surface area contributed by atoms with Crippen LogP contribution in [0.25, 0.3) is 11.3 Å². The third-order valence-electron chi connectivity index (χ3n) is 5.37. The molecular formula is C23H23N3O2. The van der Waals surface area contributed by atoms with E-state index in [-0.39, 0.29) is 6.04 Å². The first-order valence-corrected chi connectivity index (χ1v) is 9.86. The SMILES string of the molecule is Cc1nc(NC2CCCc3ccccc32)cc(-c2ccc3c(c2)OCCO3)n1. The number of benzene rings is 2. The highest BCUT2D eigenvalue weighted by Crippen LogP contribution is 2.35. The van der Waals surface area contributed by atoms with Crippen LogP contribution in [0.1, 0.15) is 35.8 Å². The summed E-state index contributed by atoms with van der Waals surface area (Å²) >= 11 is 0. The quantitative estimate of drug-likeness (QED) is 0.720. The third-order valence-corrected chi connectivity index (χ3v) is 5.37. The maximum Gasteiger partial charge on any atom is 0.162 e. The zero-order valence-electron chi connectivity index (χ0n) is 15.9. The molecule has 1 unspecified atom stereocenters. The number of rotatable bonds is 3. The van der Waals surface area contributed by atoms with E-state index in [9.17, 15) is 0 Å². The van der Waals surface area contributed by atoms with Gasteiger partial charge in [-0.15, -0.1) is 0 Å². The lowest BCUT2D eigenvalue weighted by Gasteiger charge is -2.27. The normalized spacial score (nSPS) is 17.7. The molecule has 0 bridgehead atoms. The molecule has 1 aromatic heterocycles. The number of hydrogen-bond donors (Lipinski definition) is 1. The van der Waals surface area contributed by atoms with E-state index < -0.39 is 0 Å². The Hall–Kier alpha value is -3.08. The monoisotopic (exact) mass is 373 g/mol. The van der Waals surface area contributed by atoms with Crippen LogP contribution in [0, 0.1) is 6.92 Å². The molecule has 0 spiro atoms. The van der Waals surface area contributed by atoms with E-state index >= 15 is 0 Å². The fourth-order valence-corrected chi connectivity index (χ4v) is 4.07. The van der Waals surface area contributed by atoms with Gasteiger partial charge in [0.1, 0.15) is 24.9 Å². The van der Waals surface area contributed by atoms with Gasteiger partial charge in [0.05, 0.1) is 11.7 Å². The Labute approximate surface area is 164 Å². The van der Waals surface area contributed by atoms with Crippen molar-refractivity contribution in [2.45, 2.75) is 32.2 Å². The fourth-order valence-electron chi connectivity index (χ4n) is 4.07. The smallest absolute Gasteiger partial charge is 0.162 e. The molecule has 0 amide bonds. The Kier molecular flexibility index (Phi) is 4.35. The van der Waals surface area contributed by atoms with Gasteiger partial charge in [-0.05, 0) is 55.5 Å². The average molecular weight is 373 g/mol. The van der Waals surface area contributed by atoms with Gasteiger partial charge in [-0.1, -0.05) is 24.3 Å². The van der Waals surface area contributed by atoms with Crippen LogP contribution in [-0.2, 0) is 6.42 Å². The first-order chi connectivity index (χ1) is 13.8. The second kappa shape index (κ2) is 7.15. The molecule has 5 rings (SSSR count). The largest absolute Gasteiger partial charge is 0.486 e. The Morgan fingerprint density at radius 3 is 2.75 bits per heavy atom. The summed E-state index contributed by atoms with van der Waals surface area (Å²) in [5, 5.41) is 3.64. The number of ether oxygens (including phenoxy) is 2. The molecule has 3 aromatic rings. The molecule has 1 N–H and O–H groups in total. The van der Waals surface area contributed by atoms with Crippen LogP contribution in [0.3, 0.4) is 0 Å². The summed E-state index contributed by atoms with van der Waals surface area (Å²) in [5.41, 5.74) is 4.70. The van der Waals surface area contributed by atoms with Crippen LogP contribution in [0.5, 0.6) is 11.5 Å². The maximum absolute atomic E-state index is 5.72.